The van der Waals surface area contributed by atoms with Crippen LogP contribution in [0.5, 0.6) is 5.88 Å². The van der Waals surface area contributed by atoms with Gasteiger partial charge in [0, 0.05) is 19.0 Å². The average Bonchev–Trinajstić information content (AvgIpc) is 2.24. The number of carbonyl (C=O) groups is 1. The second-order valence-corrected chi connectivity index (χ2v) is 3.50. The zero-order chi connectivity index (χ0) is 12.7. The molecular formula is C11H17N3O3. The summed E-state index contributed by atoms with van der Waals surface area (Å²) in [6.45, 7) is 4.78. The van der Waals surface area contributed by atoms with Crippen LogP contribution in [0.1, 0.15) is 25.6 Å². The standard InChI is InChI=1S/C11H17N3O3/c1-3-17-10-7-9(13-8(2)14-10)12-6-4-5-11(15)16/h7H,3-6H2,1-2H3,(H,15,16)(H,12,13,14). The summed E-state index contributed by atoms with van der Waals surface area (Å²) < 4.78 is 5.29. The second-order valence-electron chi connectivity index (χ2n) is 3.50. The molecule has 0 spiro atoms. The van der Waals surface area contributed by atoms with Gasteiger partial charge in [0.15, 0.2) is 0 Å². The molecule has 6 heteroatoms. The van der Waals surface area contributed by atoms with Crippen molar-refractivity contribution in [3.63, 3.8) is 0 Å². The fourth-order valence-corrected chi connectivity index (χ4v) is 1.31. The van der Waals surface area contributed by atoms with Gasteiger partial charge in [0.1, 0.15) is 11.6 Å². The van der Waals surface area contributed by atoms with E-state index in [9.17, 15) is 4.79 Å². The third kappa shape index (κ3) is 5.14. The molecule has 0 aromatic carbocycles. The molecule has 94 valence electrons. The minimum absolute atomic E-state index is 0.148. The van der Waals surface area contributed by atoms with Crippen molar-refractivity contribution in [3.05, 3.63) is 11.9 Å². The van der Waals surface area contributed by atoms with Crippen molar-refractivity contribution in [2.24, 2.45) is 0 Å². The molecule has 0 bridgehead atoms. The highest BCUT2D eigenvalue weighted by Gasteiger charge is 2.02. The van der Waals surface area contributed by atoms with E-state index in [1.165, 1.54) is 0 Å². The predicted octanol–water partition coefficient (Wildman–Crippen LogP) is 1.46. The Morgan fingerprint density at radius 3 is 2.94 bits per heavy atom. The summed E-state index contributed by atoms with van der Waals surface area (Å²) in [4.78, 5) is 18.6. The molecule has 1 rings (SSSR count). The molecule has 0 aliphatic rings. The molecule has 0 aliphatic heterocycles. The van der Waals surface area contributed by atoms with E-state index < -0.39 is 5.97 Å². The first kappa shape index (κ1) is 13.2. The van der Waals surface area contributed by atoms with Crippen molar-refractivity contribution in [2.45, 2.75) is 26.7 Å². The number of anilines is 1. The lowest BCUT2D eigenvalue weighted by Gasteiger charge is -2.08. The first-order chi connectivity index (χ1) is 8.11. The molecule has 0 amide bonds. The van der Waals surface area contributed by atoms with Crippen LogP contribution >= 0.6 is 0 Å². The Kier molecular flexibility index (Phi) is 5.19. The molecule has 0 atom stereocenters. The minimum atomic E-state index is -0.791. The predicted molar refractivity (Wildman–Crippen MR) is 63.3 cm³/mol. The summed E-state index contributed by atoms with van der Waals surface area (Å²) in [6.07, 6.45) is 0.706. The van der Waals surface area contributed by atoms with Gasteiger partial charge in [-0.2, -0.15) is 4.98 Å². The maximum absolute atomic E-state index is 10.3. The summed E-state index contributed by atoms with van der Waals surface area (Å²) in [5.41, 5.74) is 0. The van der Waals surface area contributed by atoms with Gasteiger partial charge in [-0.3, -0.25) is 4.79 Å². The Hall–Kier alpha value is -1.85. The van der Waals surface area contributed by atoms with Crippen molar-refractivity contribution in [2.75, 3.05) is 18.5 Å². The number of ether oxygens (including phenoxy) is 1. The van der Waals surface area contributed by atoms with Crippen molar-refractivity contribution >= 4 is 11.8 Å². The van der Waals surface area contributed by atoms with Crippen LogP contribution in [0.3, 0.4) is 0 Å². The lowest BCUT2D eigenvalue weighted by molar-refractivity contribution is -0.137. The van der Waals surface area contributed by atoms with Crippen molar-refractivity contribution in [1.82, 2.24) is 9.97 Å². The monoisotopic (exact) mass is 239 g/mol. The molecule has 1 aromatic heterocycles. The highest BCUT2D eigenvalue weighted by molar-refractivity contribution is 5.66. The molecule has 0 saturated carbocycles. The molecule has 17 heavy (non-hydrogen) atoms. The second kappa shape index (κ2) is 6.67. The maximum atomic E-state index is 10.3. The first-order valence-corrected chi connectivity index (χ1v) is 5.56. The lowest BCUT2D eigenvalue weighted by Crippen LogP contribution is -2.08. The van der Waals surface area contributed by atoms with Gasteiger partial charge in [-0.25, -0.2) is 4.98 Å². The van der Waals surface area contributed by atoms with Gasteiger partial charge in [0.2, 0.25) is 5.88 Å². The summed E-state index contributed by atoms with van der Waals surface area (Å²) >= 11 is 0. The van der Waals surface area contributed by atoms with Crippen LogP contribution in [0.25, 0.3) is 0 Å². The van der Waals surface area contributed by atoms with Gasteiger partial charge in [-0.05, 0) is 20.3 Å². The Labute approximate surface area is 100 Å². The number of hydrogen-bond acceptors (Lipinski definition) is 5. The third-order valence-electron chi connectivity index (χ3n) is 1.98. The number of nitrogens with one attached hydrogen (secondary N) is 1. The summed E-state index contributed by atoms with van der Waals surface area (Å²) in [5.74, 6) is 1.02. The maximum Gasteiger partial charge on any atom is 0.303 e. The summed E-state index contributed by atoms with van der Waals surface area (Å²) in [7, 11) is 0. The van der Waals surface area contributed by atoms with Gasteiger partial charge in [0.05, 0.1) is 6.61 Å². The van der Waals surface area contributed by atoms with Gasteiger partial charge in [-0.1, -0.05) is 0 Å². The number of nitrogens with zero attached hydrogens (tertiary/aromatic N) is 2. The number of aromatic nitrogens is 2. The topological polar surface area (TPSA) is 84.3 Å². The molecule has 2 N–H and O–H groups in total. The molecule has 1 aromatic rings. The number of carboxylic acid groups (broad SMARTS) is 1. The van der Waals surface area contributed by atoms with Gasteiger partial charge in [0.25, 0.3) is 0 Å². The first-order valence-electron chi connectivity index (χ1n) is 5.56. The number of carboxylic acids is 1. The van der Waals surface area contributed by atoms with E-state index in [0.717, 1.165) is 0 Å². The Balaban J connectivity index is 2.49. The smallest absolute Gasteiger partial charge is 0.303 e. The molecule has 0 saturated heterocycles. The Morgan fingerprint density at radius 2 is 2.29 bits per heavy atom. The number of rotatable bonds is 7. The molecule has 6 nitrogen and oxygen atoms in total. The largest absolute Gasteiger partial charge is 0.481 e. The van der Waals surface area contributed by atoms with Crippen molar-refractivity contribution in [3.8, 4) is 5.88 Å². The minimum Gasteiger partial charge on any atom is -0.481 e. The molecule has 0 unspecified atom stereocenters. The van der Waals surface area contributed by atoms with Gasteiger partial charge >= 0.3 is 5.97 Å². The van der Waals surface area contributed by atoms with E-state index in [-0.39, 0.29) is 6.42 Å². The zero-order valence-electron chi connectivity index (χ0n) is 10.1. The zero-order valence-corrected chi connectivity index (χ0v) is 10.1. The van der Waals surface area contributed by atoms with Crippen LogP contribution < -0.4 is 10.1 Å². The quantitative estimate of drug-likeness (QED) is 0.701. The van der Waals surface area contributed by atoms with Crippen LogP contribution in [0, 0.1) is 6.92 Å². The Bertz CT molecular complexity index is 382. The fraction of sp³-hybridized carbons (Fsp3) is 0.545. The molecule has 1 heterocycles. The molecule has 0 radical (unpaired) electrons. The van der Waals surface area contributed by atoms with Crippen LogP contribution in [0.2, 0.25) is 0 Å². The van der Waals surface area contributed by atoms with Gasteiger partial charge < -0.3 is 15.2 Å². The Morgan fingerprint density at radius 1 is 1.53 bits per heavy atom. The normalized spacial score (nSPS) is 10.0. The number of aliphatic carboxylic acids is 1. The van der Waals surface area contributed by atoms with E-state index in [1.807, 2.05) is 6.92 Å². The van der Waals surface area contributed by atoms with Gasteiger partial charge in [-0.15, -0.1) is 0 Å². The van der Waals surface area contributed by atoms with Crippen LogP contribution in [0.4, 0.5) is 5.82 Å². The number of hydrogen-bond donors (Lipinski definition) is 2. The average molecular weight is 239 g/mol. The van der Waals surface area contributed by atoms with E-state index in [2.05, 4.69) is 15.3 Å². The summed E-state index contributed by atoms with van der Waals surface area (Å²) in [5, 5.41) is 11.5. The van der Waals surface area contributed by atoms with Crippen LogP contribution in [-0.4, -0.2) is 34.2 Å². The van der Waals surface area contributed by atoms with E-state index in [1.54, 1.807) is 13.0 Å². The van der Waals surface area contributed by atoms with Crippen molar-refractivity contribution < 1.29 is 14.6 Å². The highest BCUT2D eigenvalue weighted by atomic mass is 16.5. The van der Waals surface area contributed by atoms with Crippen molar-refractivity contribution in [1.29, 1.82) is 0 Å². The van der Waals surface area contributed by atoms with E-state index in [4.69, 9.17) is 9.84 Å². The number of aryl methyl sites for hydroxylation is 1. The van der Waals surface area contributed by atoms with Crippen LogP contribution in [-0.2, 0) is 4.79 Å². The third-order valence-corrected chi connectivity index (χ3v) is 1.98. The highest BCUT2D eigenvalue weighted by Crippen LogP contribution is 2.13. The van der Waals surface area contributed by atoms with E-state index in [0.29, 0.717) is 37.1 Å². The molecule has 0 fully saturated rings. The summed E-state index contributed by atoms with van der Waals surface area (Å²) in [6, 6.07) is 1.71. The van der Waals surface area contributed by atoms with E-state index >= 15 is 0 Å². The lowest BCUT2D eigenvalue weighted by atomic mass is 10.3. The van der Waals surface area contributed by atoms with Crippen LogP contribution in [0.15, 0.2) is 6.07 Å². The fourth-order valence-electron chi connectivity index (χ4n) is 1.31. The SMILES string of the molecule is CCOc1cc(NCCCC(=O)O)nc(C)n1. The molecule has 0 aliphatic carbocycles. The molecular weight excluding hydrogens is 222 g/mol.